The number of aryl methyl sites for hydroxylation is 2. The molecule has 1 fully saturated rings. The van der Waals surface area contributed by atoms with Crippen molar-refractivity contribution in [2.24, 2.45) is 0 Å². The van der Waals surface area contributed by atoms with E-state index in [2.05, 4.69) is 56.3 Å². The van der Waals surface area contributed by atoms with E-state index in [-0.39, 0.29) is 5.91 Å². The SMILES string of the molecule is CN(c1ccc(CNC(=O)c2cc3n(c2)CCCC3)cc1)C1CN(c2ccc(NC(C)(F)F)cc2)C1. The maximum absolute atomic E-state index is 13.1. The smallest absolute Gasteiger partial charge is 0.320 e. The minimum atomic E-state index is -2.94. The standard InChI is InChI=1S/C28H33F2N5O/c1-28(29,30)32-22-8-12-24(13-9-22)35-18-26(19-35)33(2)23-10-6-20(7-11-23)16-31-27(36)21-15-25-5-3-4-14-34(25)17-21/h6-13,15,17,26,32H,3-5,14,16,18-19H2,1-2H3,(H,31,36). The lowest BCUT2D eigenvalue weighted by molar-refractivity contribution is 0.0543. The summed E-state index contributed by atoms with van der Waals surface area (Å²) in [6.45, 7) is 4.07. The molecule has 1 amide bonds. The molecular formula is C28H33F2N5O. The molecule has 0 spiro atoms. The maximum Gasteiger partial charge on any atom is 0.320 e. The zero-order valence-corrected chi connectivity index (χ0v) is 20.8. The van der Waals surface area contributed by atoms with Crippen LogP contribution in [0.5, 0.6) is 0 Å². The Labute approximate surface area is 210 Å². The third kappa shape index (κ3) is 5.48. The number of halogens is 2. The Balaban J connectivity index is 1.10. The quantitative estimate of drug-likeness (QED) is 0.429. The number of fused-ring (bicyclic) bond motifs is 1. The molecule has 36 heavy (non-hydrogen) atoms. The highest BCUT2D eigenvalue weighted by Gasteiger charge is 2.30. The third-order valence-electron chi connectivity index (χ3n) is 7.13. The molecule has 0 radical (unpaired) electrons. The van der Waals surface area contributed by atoms with Crippen molar-refractivity contribution >= 4 is 23.0 Å². The van der Waals surface area contributed by atoms with E-state index in [1.165, 1.54) is 18.5 Å². The van der Waals surface area contributed by atoms with Crippen LogP contribution in [0.1, 0.15) is 41.4 Å². The maximum atomic E-state index is 13.1. The molecule has 3 heterocycles. The number of aromatic nitrogens is 1. The molecule has 0 bridgehead atoms. The molecule has 2 N–H and O–H groups in total. The first-order valence-electron chi connectivity index (χ1n) is 12.6. The van der Waals surface area contributed by atoms with Crippen LogP contribution in [0.3, 0.4) is 0 Å². The van der Waals surface area contributed by atoms with Crippen molar-refractivity contribution in [1.82, 2.24) is 9.88 Å². The first-order chi connectivity index (χ1) is 17.2. The number of amides is 1. The second kappa shape index (κ2) is 9.84. The summed E-state index contributed by atoms with van der Waals surface area (Å²) in [4.78, 5) is 17.1. The number of carbonyl (C=O) groups is 1. The molecule has 1 saturated heterocycles. The summed E-state index contributed by atoms with van der Waals surface area (Å²) >= 11 is 0. The fourth-order valence-corrected chi connectivity index (χ4v) is 4.95. The van der Waals surface area contributed by atoms with Gasteiger partial charge in [0, 0.05) is 69.1 Å². The van der Waals surface area contributed by atoms with Crippen molar-refractivity contribution in [2.45, 2.75) is 51.4 Å². The molecule has 0 atom stereocenters. The molecule has 5 rings (SSSR count). The summed E-state index contributed by atoms with van der Waals surface area (Å²) in [5.74, 6) is -0.0279. The van der Waals surface area contributed by atoms with E-state index < -0.39 is 6.05 Å². The van der Waals surface area contributed by atoms with Crippen molar-refractivity contribution in [1.29, 1.82) is 0 Å². The van der Waals surface area contributed by atoms with Gasteiger partial charge in [-0.25, -0.2) is 0 Å². The van der Waals surface area contributed by atoms with E-state index in [4.69, 9.17) is 0 Å². The number of alkyl halides is 2. The predicted octanol–water partition coefficient (Wildman–Crippen LogP) is 5.10. The lowest BCUT2D eigenvalue weighted by atomic mass is 10.0. The number of nitrogens with zero attached hydrogens (tertiary/aromatic N) is 3. The topological polar surface area (TPSA) is 52.5 Å². The van der Waals surface area contributed by atoms with Gasteiger partial charge in [0.1, 0.15) is 0 Å². The van der Waals surface area contributed by atoms with Gasteiger partial charge in [0.25, 0.3) is 5.91 Å². The van der Waals surface area contributed by atoms with Crippen LogP contribution < -0.4 is 20.4 Å². The summed E-state index contributed by atoms with van der Waals surface area (Å²) in [6.07, 6.45) is 5.39. The van der Waals surface area contributed by atoms with Crippen molar-refractivity contribution in [2.75, 3.05) is 35.3 Å². The number of hydrogen-bond donors (Lipinski definition) is 2. The second-order valence-electron chi connectivity index (χ2n) is 9.95. The number of carbonyl (C=O) groups excluding carboxylic acids is 1. The van der Waals surface area contributed by atoms with Gasteiger partial charge in [-0.2, -0.15) is 8.78 Å². The molecule has 0 aliphatic carbocycles. The van der Waals surface area contributed by atoms with Gasteiger partial charge in [-0.15, -0.1) is 0 Å². The molecule has 6 nitrogen and oxygen atoms in total. The van der Waals surface area contributed by atoms with Gasteiger partial charge in [-0.3, -0.25) is 4.79 Å². The number of benzene rings is 2. The van der Waals surface area contributed by atoms with Crippen LogP contribution in [0.15, 0.2) is 60.8 Å². The van der Waals surface area contributed by atoms with Gasteiger partial charge in [0.15, 0.2) is 0 Å². The Bertz CT molecular complexity index is 1170. The second-order valence-corrected chi connectivity index (χ2v) is 9.95. The third-order valence-corrected chi connectivity index (χ3v) is 7.13. The number of anilines is 3. The Morgan fingerprint density at radius 3 is 2.47 bits per heavy atom. The number of rotatable bonds is 8. The summed E-state index contributed by atoms with van der Waals surface area (Å²) in [5.41, 5.74) is 5.62. The highest BCUT2D eigenvalue weighted by molar-refractivity contribution is 5.94. The highest BCUT2D eigenvalue weighted by atomic mass is 19.3. The molecular weight excluding hydrogens is 460 g/mol. The molecule has 0 unspecified atom stereocenters. The van der Waals surface area contributed by atoms with Gasteiger partial charge in [0.05, 0.1) is 11.6 Å². The van der Waals surface area contributed by atoms with Crippen LogP contribution in [-0.2, 0) is 19.5 Å². The molecule has 2 aromatic carbocycles. The summed E-state index contributed by atoms with van der Waals surface area (Å²) in [7, 11) is 2.09. The highest BCUT2D eigenvalue weighted by Crippen LogP contribution is 2.28. The van der Waals surface area contributed by atoms with Crippen LogP contribution in [0, 0.1) is 0 Å². The van der Waals surface area contributed by atoms with Crippen molar-refractivity contribution < 1.29 is 13.6 Å². The Morgan fingerprint density at radius 2 is 1.81 bits per heavy atom. The fourth-order valence-electron chi connectivity index (χ4n) is 4.95. The molecule has 2 aliphatic rings. The Morgan fingerprint density at radius 1 is 1.08 bits per heavy atom. The van der Waals surface area contributed by atoms with Crippen LogP contribution >= 0.6 is 0 Å². The summed E-state index contributed by atoms with van der Waals surface area (Å²) < 4.78 is 28.4. The number of nitrogens with one attached hydrogen (secondary N) is 2. The van der Waals surface area contributed by atoms with Gasteiger partial charge in [-0.05, 0) is 67.3 Å². The lowest BCUT2D eigenvalue weighted by Crippen LogP contribution is -2.58. The minimum absolute atomic E-state index is 0.0279. The van der Waals surface area contributed by atoms with Gasteiger partial charge < -0.3 is 25.0 Å². The minimum Gasteiger partial charge on any atom is -0.368 e. The zero-order chi connectivity index (χ0) is 25.3. The fraction of sp³-hybridized carbons (Fsp3) is 0.393. The molecule has 190 valence electrons. The van der Waals surface area contributed by atoms with E-state index in [1.54, 1.807) is 12.1 Å². The van der Waals surface area contributed by atoms with E-state index in [0.29, 0.717) is 18.3 Å². The largest absolute Gasteiger partial charge is 0.368 e. The molecule has 3 aromatic rings. The molecule has 0 saturated carbocycles. The van der Waals surface area contributed by atoms with Crippen molar-refractivity contribution in [3.63, 3.8) is 0 Å². The lowest BCUT2D eigenvalue weighted by Gasteiger charge is -2.46. The summed E-state index contributed by atoms with van der Waals surface area (Å²) in [6, 6.07) is 14.9. The predicted molar refractivity (Wildman–Crippen MR) is 140 cm³/mol. The van der Waals surface area contributed by atoms with Gasteiger partial charge >= 0.3 is 6.05 Å². The zero-order valence-electron chi connectivity index (χ0n) is 20.8. The Hall–Kier alpha value is -3.55. The first-order valence-corrected chi connectivity index (χ1v) is 12.6. The van der Waals surface area contributed by atoms with Crippen LogP contribution in [-0.4, -0.2) is 42.7 Å². The van der Waals surface area contributed by atoms with E-state index >= 15 is 0 Å². The molecule has 1 aromatic heterocycles. The van der Waals surface area contributed by atoms with Crippen LogP contribution in [0.4, 0.5) is 25.8 Å². The number of likely N-dealkylation sites (N-methyl/N-ethyl adjacent to an activating group) is 1. The van der Waals surface area contributed by atoms with E-state index in [0.717, 1.165) is 55.5 Å². The van der Waals surface area contributed by atoms with Crippen LogP contribution in [0.25, 0.3) is 0 Å². The van der Waals surface area contributed by atoms with E-state index in [9.17, 15) is 13.6 Å². The van der Waals surface area contributed by atoms with E-state index in [1.807, 2.05) is 24.4 Å². The van der Waals surface area contributed by atoms with Crippen molar-refractivity contribution in [3.05, 3.63) is 77.6 Å². The first kappa shape index (κ1) is 24.2. The van der Waals surface area contributed by atoms with Crippen molar-refractivity contribution in [3.8, 4) is 0 Å². The molecule has 2 aliphatic heterocycles. The normalized spacial score (nSPS) is 15.7. The van der Waals surface area contributed by atoms with Gasteiger partial charge in [0.2, 0.25) is 0 Å². The average Bonchev–Trinajstić information content (AvgIpc) is 3.26. The average molecular weight is 494 g/mol. The molecule has 8 heteroatoms. The Kier molecular flexibility index (Phi) is 6.60. The van der Waals surface area contributed by atoms with Crippen LogP contribution in [0.2, 0.25) is 0 Å². The number of hydrogen-bond acceptors (Lipinski definition) is 4. The van der Waals surface area contributed by atoms with Gasteiger partial charge in [-0.1, -0.05) is 12.1 Å². The monoisotopic (exact) mass is 493 g/mol. The summed E-state index contributed by atoms with van der Waals surface area (Å²) in [5, 5.41) is 5.23.